The van der Waals surface area contributed by atoms with Crippen LogP contribution in [0.25, 0.3) is 10.9 Å². The van der Waals surface area contributed by atoms with E-state index in [2.05, 4.69) is 9.97 Å². The summed E-state index contributed by atoms with van der Waals surface area (Å²) in [7, 11) is 0. The number of aromatic nitrogens is 2. The van der Waals surface area contributed by atoms with E-state index in [0.29, 0.717) is 10.9 Å². The fourth-order valence-corrected chi connectivity index (χ4v) is 1.38. The predicted octanol–water partition coefficient (Wildman–Crippen LogP) is 2.19. The van der Waals surface area contributed by atoms with Gasteiger partial charge in [-0.05, 0) is 6.07 Å². The number of hydrogen-bond donors (Lipinski definition) is 0. The van der Waals surface area contributed by atoms with Crippen LogP contribution in [0.15, 0.2) is 24.7 Å². The maximum absolute atomic E-state index is 10.5. The molecular weight excluding hydrogens is 206 g/mol. The molecule has 0 amide bonds. The van der Waals surface area contributed by atoms with Crippen molar-refractivity contribution in [3.63, 3.8) is 0 Å². The number of pyridine rings is 2. The van der Waals surface area contributed by atoms with Crippen LogP contribution in [0.1, 0.15) is 0 Å². The predicted molar refractivity (Wildman–Crippen MR) is 51.2 cm³/mol. The average Bonchev–Trinajstić information content (AvgIpc) is 2.18. The number of fused-ring (bicyclic) bond motifs is 1. The van der Waals surface area contributed by atoms with Crippen LogP contribution in [0.5, 0.6) is 0 Å². The quantitative estimate of drug-likeness (QED) is 0.533. The molecule has 0 aliphatic rings. The zero-order valence-corrected chi connectivity index (χ0v) is 7.60. The largest absolute Gasteiger partial charge is 0.306 e. The van der Waals surface area contributed by atoms with Gasteiger partial charge < -0.3 is 0 Å². The highest BCUT2D eigenvalue weighted by molar-refractivity contribution is 6.37. The second kappa shape index (κ2) is 3.19. The first-order chi connectivity index (χ1) is 6.70. The molecule has 0 bridgehead atoms. The lowest BCUT2D eigenvalue weighted by atomic mass is 10.2. The lowest BCUT2D eigenvalue weighted by Gasteiger charge is -1.98. The smallest absolute Gasteiger partial charge is 0.264 e. The standard InChI is InChI=1S/C8H4ClN3O2/c9-8-5-3-10-2-1-6(5)11-4-7(8)12(13)14/h1-4H. The SMILES string of the molecule is O=[N+]([O-])c1cnc2ccncc2c1Cl. The van der Waals surface area contributed by atoms with Gasteiger partial charge in [0.25, 0.3) is 0 Å². The summed E-state index contributed by atoms with van der Waals surface area (Å²) in [5, 5.41) is 11.1. The van der Waals surface area contributed by atoms with Crippen molar-refractivity contribution in [2.75, 3.05) is 0 Å². The minimum Gasteiger partial charge on any atom is -0.264 e. The van der Waals surface area contributed by atoms with Crippen molar-refractivity contribution in [2.24, 2.45) is 0 Å². The van der Waals surface area contributed by atoms with Crippen LogP contribution in [0, 0.1) is 10.1 Å². The molecule has 0 fully saturated rings. The molecule has 0 saturated heterocycles. The molecule has 6 heteroatoms. The first-order valence-electron chi connectivity index (χ1n) is 3.73. The molecular formula is C8H4ClN3O2. The summed E-state index contributed by atoms with van der Waals surface area (Å²) in [6.07, 6.45) is 4.15. The molecule has 14 heavy (non-hydrogen) atoms. The van der Waals surface area contributed by atoms with E-state index >= 15 is 0 Å². The average molecular weight is 210 g/mol. The Morgan fingerprint density at radius 1 is 1.43 bits per heavy atom. The number of hydrogen-bond acceptors (Lipinski definition) is 4. The Kier molecular flexibility index (Phi) is 2.01. The second-order valence-corrected chi connectivity index (χ2v) is 2.99. The van der Waals surface area contributed by atoms with Gasteiger partial charge in [0.15, 0.2) is 0 Å². The Hall–Kier alpha value is -1.75. The monoisotopic (exact) mass is 209 g/mol. The van der Waals surface area contributed by atoms with Gasteiger partial charge in [-0.3, -0.25) is 15.1 Å². The first kappa shape index (κ1) is 8.83. The molecule has 0 N–H and O–H groups in total. The van der Waals surface area contributed by atoms with Gasteiger partial charge in [0.1, 0.15) is 11.2 Å². The van der Waals surface area contributed by atoms with Crippen molar-refractivity contribution < 1.29 is 4.92 Å². The zero-order valence-electron chi connectivity index (χ0n) is 6.85. The van der Waals surface area contributed by atoms with Gasteiger partial charge in [0.2, 0.25) is 0 Å². The molecule has 2 aromatic rings. The van der Waals surface area contributed by atoms with Gasteiger partial charge in [-0.25, -0.2) is 4.98 Å². The Morgan fingerprint density at radius 3 is 2.93 bits per heavy atom. The summed E-state index contributed by atoms with van der Waals surface area (Å²) in [5.41, 5.74) is 0.391. The number of nitrogens with zero attached hydrogens (tertiary/aromatic N) is 3. The van der Waals surface area contributed by atoms with Crippen LogP contribution in [-0.2, 0) is 0 Å². The molecule has 5 nitrogen and oxygen atoms in total. The highest BCUT2D eigenvalue weighted by atomic mass is 35.5. The van der Waals surface area contributed by atoms with Gasteiger partial charge in [0.05, 0.1) is 10.4 Å². The molecule has 2 heterocycles. The maximum atomic E-state index is 10.5. The molecule has 0 aliphatic carbocycles. The fourth-order valence-electron chi connectivity index (χ4n) is 1.12. The molecule has 0 atom stereocenters. The van der Waals surface area contributed by atoms with Crippen LogP contribution in [0.2, 0.25) is 5.02 Å². The summed E-state index contributed by atoms with van der Waals surface area (Å²) < 4.78 is 0. The number of halogens is 1. The van der Waals surface area contributed by atoms with Crippen LogP contribution in [0.4, 0.5) is 5.69 Å². The molecule has 0 radical (unpaired) electrons. The van der Waals surface area contributed by atoms with Crippen molar-refractivity contribution in [1.29, 1.82) is 0 Å². The van der Waals surface area contributed by atoms with Crippen molar-refractivity contribution in [2.45, 2.75) is 0 Å². The Balaban J connectivity index is 2.81. The van der Waals surface area contributed by atoms with Crippen molar-refractivity contribution >= 4 is 28.2 Å². The second-order valence-electron chi connectivity index (χ2n) is 2.61. The third-order valence-electron chi connectivity index (χ3n) is 1.78. The topological polar surface area (TPSA) is 68.9 Å². The minimum absolute atomic E-state index is 0.0769. The van der Waals surface area contributed by atoms with E-state index in [9.17, 15) is 10.1 Å². The molecule has 0 unspecified atom stereocenters. The summed E-state index contributed by atoms with van der Waals surface area (Å²) in [5.74, 6) is 0. The van der Waals surface area contributed by atoms with E-state index in [1.807, 2.05) is 0 Å². The summed E-state index contributed by atoms with van der Waals surface area (Å²) in [4.78, 5) is 17.7. The van der Waals surface area contributed by atoms with E-state index in [-0.39, 0.29) is 10.7 Å². The Bertz CT molecular complexity index is 515. The van der Waals surface area contributed by atoms with Gasteiger partial charge in [0, 0.05) is 17.8 Å². The highest BCUT2D eigenvalue weighted by Gasteiger charge is 2.15. The highest BCUT2D eigenvalue weighted by Crippen LogP contribution is 2.29. The lowest BCUT2D eigenvalue weighted by molar-refractivity contribution is -0.384. The molecule has 0 aliphatic heterocycles. The van der Waals surface area contributed by atoms with Crippen LogP contribution in [0.3, 0.4) is 0 Å². The summed E-state index contributed by atoms with van der Waals surface area (Å²) in [6, 6.07) is 1.64. The Labute approximate surface area is 83.5 Å². The first-order valence-corrected chi connectivity index (χ1v) is 4.10. The van der Waals surface area contributed by atoms with E-state index in [4.69, 9.17) is 11.6 Å². The fraction of sp³-hybridized carbons (Fsp3) is 0. The van der Waals surface area contributed by atoms with E-state index < -0.39 is 4.92 Å². The van der Waals surface area contributed by atoms with Crippen molar-refractivity contribution in [3.05, 3.63) is 39.8 Å². The van der Waals surface area contributed by atoms with E-state index in [1.54, 1.807) is 12.3 Å². The normalized spacial score (nSPS) is 10.4. The van der Waals surface area contributed by atoms with E-state index in [0.717, 1.165) is 6.20 Å². The Morgan fingerprint density at radius 2 is 2.21 bits per heavy atom. The van der Waals surface area contributed by atoms with Crippen LogP contribution < -0.4 is 0 Å². The van der Waals surface area contributed by atoms with Crippen LogP contribution >= 0.6 is 11.6 Å². The minimum atomic E-state index is -0.568. The third-order valence-corrected chi connectivity index (χ3v) is 2.18. The molecule has 0 saturated carbocycles. The van der Waals surface area contributed by atoms with Crippen molar-refractivity contribution in [3.8, 4) is 0 Å². The number of rotatable bonds is 1. The van der Waals surface area contributed by atoms with Gasteiger partial charge in [-0.15, -0.1) is 0 Å². The third kappa shape index (κ3) is 1.27. The summed E-state index contributed by atoms with van der Waals surface area (Å²) >= 11 is 5.81. The summed E-state index contributed by atoms with van der Waals surface area (Å²) in [6.45, 7) is 0. The van der Waals surface area contributed by atoms with Gasteiger partial charge in [-0.1, -0.05) is 11.6 Å². The molecule has 0 aromatic carbocycles. The van der Waals surface area contributed by atoms with Gasteiger partial charge >= 0.3 is 5.69 Å². The molecule has 2 aromatic heterocycles. The molecule has 2 rings (SSSR count). The van der Waals surface area contributed by atoms with Crippen molar-refractivity contribution in [1.82, 2.24) is 9.97 Å². The lowest BCUT2D eigenvalue weighted by Crippen LogP contribution is -1.91. The van der Waals surface area contributed by atoms with E-state index in [1.165, 1.54) is 6.20 Å². The van der Waals surface area contributed by atoms with Crippen LogP contribution in [-0.4, -0.2) is 14.9 Å². The molecule has 70 valence electrons. The molecule has 0 spiro atoms. The maximum Gasteiger partial charge on any atom is 0.306 e. The van der Waals surface area contributed by atoms with Gasteiger partial charge in [-0.2, -0.15) is 0 Å². The number of nitro groups is 1. The zero-order chi connectivity index (χ0) is 10.1.